The SMILES string of the molecule is C#CC#CC#CC#CC#CC#CC(=O)OC[C@H](COP(=O)([O-])[O-])OC(=O)CCCCCCC.N.[HH].[HH].[HH].[HH].[HH].[HH].[HH].[HH].[HH].[HH].[HH].[Na+].[Na+]. The molecule has 1 atom stereocenters. The zero-order chi connectivity index (χ0) is 24.8. The van der Waals surface area contributed by atoms with Gasteiger partial charge < -0.3 is 34.5 Å². The van der Waals surface area contributed by atoms with Gasteiger partial charge in [0.05, 0.1) is 14.4 Å². The second-order valence-electron chi connectivity index (χ2n) is 6.01. The van der Waals surface area contributed by atoms with E-state index < -0.39 is 39.1 Å². The predicted molar refractivity (Wildman–Crippen MR) is 144 cm³/mol. The number of phosphoric ester groups is 1. The molecule has 0 radical (unpaired) electrons. The molecule has 202 valence electrons. The first kappa shape index (κ1) is 41.5. The Morgan fingerprint density at radius 1 is 0.889 bits per heavy atom. The summed E-state index contributed by atoms with van der Waals surface area (Å²) in [5.74, 6) is 23.3. The van der Waals surface area contributed by atoms with Crippen LogP contribution in [0.15, 0.2) is 0 Å². The first-order chi connectivity index (χ1) is 15.8. The quantitative estimate of drug-likeness (QED) is 0.0671. The van der Waals surface area contributed by atoms with E-state index in [4.69, 9.17) is 15.9 Å². The minimum Gasteiger partial charge on any atom is -0.790 e. The maximum atomic E-state index is 11.9. The van der Waals surface area contributed by atoms with Crippen LogP contribution in [-0.2, 0) is 28.2 Å². The van der Waals surface area contributed by atoms with Gasteiger partial charge in [0.15, 0.2) is 6.10 Å². The smallest absolute Gasteiger partial charge is 0.790 e. The summed E-state index contributed by atoms with van der Waals surface area (Å²) in [6, 6.07) is 0. The van der Waals surface area contributed by atoms with E-state index in [0.717, 1.165) is 25.7 Å². The number of unbranched alkanes of at least 4 members (excludes halogenated alkanes) is 4. The zero-order valence-electron chi connectivity index (χ0n) is 20.7. The molecule has 9 nitrogen and oxygen atoms in total. The standard InChI is InChI=1S/C24H23O8P.H3N.2Na.11H2/c1-3-5-7-9-10-11-12-13-15-16-18-23(25)30-20-22(21-31-33(27,28)29)32-24(26)19-17-14-8-6-4-2;;;;;;;;;;;;;;/h1,22H,4,6,8,14,17,19-21H2,2H3,(H2,27,28,29);1H3;;;11*1H/q;;2*+1;;;;;;;;;;;/p-2/t22-;;;;;;;;;;;;;;/m1............../s1. The van der Waals surface area contributed by atoms with Gasteiger partial charge in [0.1, 0.15) is 6.61 Å². The van der Waals surface area contributed by atoms with Crippen molar-refractivity contribution in [2.45, 2.75) is 51.6 Å². The average molecular weight is 554 g/mol. The van der Waals surface area contributed by atoms with Gasteiger partial charge in [0.25, 0.3) is 0 Å². The molecule has 0 aromatic rings. The van der Waals surface area contributed by atoms with Crippen molar-refractivity contribution < 1.29 is 113 Å². The van der Waals surface area contributed by atoms with Crippen LogP contribution in [0.4, 0.5) is 0 Å². The average Bonchev–Trinajstić information content (AvgIpc) is 2.76. The first-order valence-corrected chi connectivity index (χ1v) is 11.2. The molecular weight excluding hydrogens is 507 g/mol. The van der Waals surface area contributed by atoms with Gasteiger partial charge in [-0.15, -0.1) is 6.42 Å². The van der Waals surface area contributed by atoms with Gasteiger partial charge >= 0.3 is 71.1 Å². The molecule has 3 N–H and O–H groups in total. The topological polar surface area (TPSA) is 160 Å². The van der Waals surface area contributed by atoms with Crippen LogP contribution >= 0.6 is 7.82 Å². The third-order valence-corrected chi connectivity index (χ3v) is 3.80. The number of terminal acetylenes is 1. The van der Waals surface area contributed by atoms with Crippen LogP contribution < -0.4 is 75.1 Å². The van der Waals surface area contributed by atoms with Crippen molar-refractivity contribution in [3.63, 3.8) is 0 Å². The summed E-state index contributed by atoms with van der Waals surface area (Å²) >= 11 is 0. The Morgan fingerprint density at radius 3 is 1.94 bits per heavy atom. The number of esters is 2. The number of hydrogen-bond donors (Lipinski definition) is 1. The second-order valence-corrected chi connectivity index (χ2v) is 7.16. The molecule has 36 heavy (non-hydrogen) atoms. The number of carbonyl (C=O) groups is 2. The number of ether oxygens (including phenoxy) is 2. The molecule has 0 aliphatic heterocycles. The number of hydrogen-bond acceptors (Lipinski definition) is 9. The molecule has 0 aromatic carbocycles. The summed E-state index contributed by atoms with van der Waals surface area (Å²) in [5, 5.41) is 0. The first-order valence-electron chi connectivity index (χ1n) is 9.78. The molecule has 0 spiro atoms. The largest absolute Gasteiger partial charge is 1.00 e. The van der Waals surface area contributed by atoms with E-state index in [1.54, 1.807) is 0 Å². The summed E-state index contributed by atoms with van der Waals surface area (Å²) in [5.41, 5.74) is 0. The Labute approximate surface area is 273 Å². The molecule has 0 saturated heterocycles. The fourth-order valence-electron chi connectivity index (χ4n) is 1.95. The molecule has 0 aliphatic carbocycles. The van der Waals surface area contributed by atoms with Gasteiger partial charge in [-0.3, -0.25) is 4.79 Å². The third kappa shape index (κ3) is 30.4. The van der Waals surface area contributed by atoms with Crippen LogP contribution in [0.1, 0.15) is 61.1 Å². The van der Waals surface area contributed by atoms with Crippen LogP contribution in [0.5, 0.6) is 0 Å². The molecular formula is C24H46NNa2O8P. The molecule has 0 saturated carbocycles. The molecule has 0 aromatic heterocycles. The van der Waals surface area contributed by atoms with Crippen molar-refractivity contribution in [2.75, 3.05) is 13.2 Å². The molecule has 0 fully saturated rings. The Balaban J connectivity index is -0.0000000563. The Hall–Kier alpha value is -1.63. The van der Waals surface area contributed by atoms with Crippen molar-refractivity contribution >= 4 is 19.8 Å². The number of carbonyl (C=O) groups excluding carboxylic acids is 2. The zero-order valence-corrected chi connectivity index (χ0v) is 25.6. The van der Waals surface area contributed by atoms with E-state index >= 15 is 0 Å². The van der Waals surface area contributed by atoms with Crippen LogP contribution in [0.2, 0.25) is 0 Å². The monoisotopic (exact) mass is 553 g/mol. The molecule has 0 unspecified atom stereocenters. The molecule has 0 amide bonds. The van der Waals surface area contributed by atoms with Crippen LogP contribution in [0.25, 0.3) is 0 Å². The molecule has 0 aliphatic rings. The predicted octanol–water partition coefficient (Wildman–Crippen LogP) is -2.83. The van der Waals surface area contributed by atoms with E-state index in [9.17, 15) is 23.9 Å². The molecule has 0 rings (SSSR count). The van der Waals surface area contributed by atoms with Crippen molar-refractivity contribution in [2.24, 2.45) is 0 Å². The van der Waals surface area contributed by atoms with Crippen molar-refractivity contribution in [1.82, 2.24) is 6.15 Å². The minimum atomic E-state index is -5.30. The van der Waals surface area contributed by atoms with E-state index in [0.29, 0.717) is 6.42 Å². The minimum absolute atomic E-state index is 0. The number of phosphoric acid groups is 1. The van der Waals surface area contributed by atoms with Crippen molar-refractivity contribution in [3.8, 4) is 71.5 Å². The van der Waals surface area contributed by atoms with Gasteiger partial charge in [0, 0.05) is 28.0 Å². The Morgan fingerprint density at radius 2 is 1.42 bits per heavy atom. The van der Waals surface area contributed by atoms with Crippen LogP contribution in [0.3, 0.4) is 0 Å². The third-order valence-electron chi connectivity index (χ3n) is 3.34. The van der Waals surface area contributed by atoms with Gasteiger partial charge in [-0.05, 0) is 65.6 Å². The maximum Gasteiger partial charge on any atom is 1.00 e. The number of rotatable bonds is 12. The van der Waals surface area contributed by atoms with Crippen molar-refractivity contribution in [1.29, 1.82) is 0 Å². The van der Waals surface area contributed by atoms with Crippen LogP contribution in [-0.4, -0.2) is 31.3 Å². The fraction of sp³-hybridized carbons (Fsp3) is 0.417. The van der Waals surface area contributed by atoms with Gasteiger partial charge in [0.2, 0.25) is 0 Å². The summed E-state index contributed by atoms with van der Waals surface area (Å²) in [6.45, 7) is 0.720. The van der Waals surface area contributed by atoms with Gasteiger partial charge in [-0.1, -0.05) is 32.6 Å². The summed E-state index contributed by atoms with van der Waals surface area (Å²) in [7, 11) is -5.30. The molecule has 0 heterocycles. The van der Waals surface area contributed by atoms with E-state index in [1.807, 2.05) is 5.92 Å². The summed E-state index contributed by atoms with van der Waals surface area (Å²) < 4.78 is 24.6. The maximum absolute atomic E-state index is 11.9. The summed E-state index contributed by atoms with van der Waals surface area (Å²) in [6.07, 6.45) is 8.22. The Kier molecular flexibility index (Phi) is 32.2. The fourth-order valence-corrected chi connectivity index (χ4v) is 2.30. The molecule has 12 heteroatoms. The molecule has 0 bridgehead atoms. The normalized spacial score (nSPS) is 8.94. The van der Waals surface area contributed by atoms with Gasteiger partial charge in [-0.2, -0.15) is 0 Å². The van der Waals surface area contributed by atoms with E-state index in [2.05, 4.69) is 70.7 Å². The van der Waals surface area contributed by atoms with E-state index in [1.165, 1.54) is 0 Å². The van der Waals surface area contributed by atoms with E-state index in [-0.39, 0.29) is 87.4 Å². The second kappa shape index (κ2) is 27.9. The van der Waals surface area contributed by atoms with Gasteiger partial charge in [-0.25, -0.2) is 4.79 Å². The summed E-state index contributed by atoms with van der Waals surface area (Å²) in [4.78, 5) is 44.9. The van der Waals surface area contributed by atoms with Crippen LogP contribution in [0, 0.1) is 71.5 Å². The van der Waals surface area contributed by atoms with Crippen molar-refractivity contribution in [3.05, 3.63) is 0 Å². The Bertz CT molecular complexity index is 1110.